The van der Waals surface area contributed by atoms with E-state index in [0.29, 0.717) is 5.56 Å². The predicted molar refractivity (Wildman–Crippen MR) is 91.3 cm³/mol. The topological polar surface area (TPSA) is 63.2 Å². The molecule has 1 atom stereocenters. The number of Topliss-reactive ketones (excluding diaryl/α,β-unsaturated/α-hetero) is 1. The van der Waals surface area contributed by atoms with E-state index >= 15 is 0 Å². The summed E-state index contributed by atoms with van der Waals surface area (Å²) in [5.74, 6) is 0.799. The van der Waals surface area contributed by atoms with E-state index in [1.54, 1.807) is 23.9 Å². The van der Waals surface area contributed by atoms with E-state index in [2.05, 4.69) is 4.72 Å². The highest BCUT2D eigenvalue weighted by Gasteiger charge is 2.25. The second-order valence-electron chi connectivity index (χ2n) is 5.43. The molecule has 0 unspecified atom stereocenters. The molecule has 0 amide bonds. The van der Waals surface area contributed by atoms with Crippen molar-refractivity contribution in [3.63, 3.8) is 0 Å². The van der Waals surface area contributed by atoms with Crippen molar-refractivity contribution in [1.29, 1.82) is 0 Å². The Balaban J connectivity index is 1.86. The van der Waals surface area contributed by atoms with E-state index in [1.165, 1.54) is 19.1 Å². The third kappa shape index (κ3) is 3.49. The molecule has 1 aliphatic heterocycles. The molecule has 0 bridgehead atoms. The zero-order valence-electron chi connectivity index (χ0n) is 12.7. The number of nitrogens with one attached hydrogen (secondary N) is 1. The molecule has 0 saturated carbocycles. The lowest BCUT2D eigenvalue weighted by Crippen LogP contribution is -2.30. The van der Waals surface area contributed by atoms with Crippen LogP contribution in [-0.4, -0.2) is 20.0 Å². The van der Waals surface area contributed by atoms with Crippen molar-refractivity contribution in [3.05, 3.63) is 59.7 Å². The number of ketones is 1. The van der Waals surface area contributed by atoms with Crippen molar-refractivity contribution >= 4 is 27.6 Å². The fourth-order valence-electron chi connectivity index (χ4n) is 2.59. The molecule has 3 rings (SSSR count). The SMILES string of the molecule is CC(=O)c1ccc(S(=O)(=O)N[C@H]2CCSc3ccccc32)cc1. The first kappa shape index (κ1) is 16.2. The summed E-state index contributed by atoms with van der Waals surface area (Å²) >= 11 is 1.75. The Labute approximate surface area is 140 Å². The van der Waals surface area contributed by atoms with Crippen LogP contribution in [0.2, 0.25) is 0 Å². The van der Waals surface area contributed by atoms with Gasteiger partial charge >= 0.3 is 0 Å². The first-order chi connectivity index (χ1) is 11.0. The Morgan fingerprint density at radius 1 is 1.13 bits per heavy atom. The molecule has 2 aromatic rings. The number of hydrogen-bond donors (Lipinski definition) is 1. The predicted octanol–water partition coefficient (Wildman–Crippen LogP) is 3.40. The minimum absolute atomic E-state index is 0.0832. The van der Waals surface area contributed by atoms with Crippen LogP contribution in [0, 0.1) is 0 Å². The Morgan fingerprint density at radius 2 is 1.83 bits per heavy atom. The van der Waals surface area contributed by atoms with E-state index < -0.39 is 10.0 Å². The van der Waals surface area contributed by atoms with Crippen LogP contribution in [0.25, 0.3) is 0 Å². The van der Waals surface area contributed by atoms with Gasteiger partial charge in [-0.2, -0.15) is 0 Å². The molecule has 0 aromatic heterocycles. The Hall–Kier alpha value is -1.63. The van der Waals surface area contributed by atoms with Gasteiger partial charge < -0.3 is 0 Å². The number of thioether (sulfide) groups is 1. The third-order valence-corrected chi connectivity index (χ3v) is 6.44. The van der Waals surface area contributed by atoms with E-state index in [4.69, 9.17) is 0 Å². The average Bonchev–Trinajstić information content (AvgIpc) is 2.55. The molecule has 0 saturated heterocycles. The van der Waals surface area contributed by atoms with Gasteiger partial charge in [-0.1, -0.05) is 30.3 Å². The summed E-state index contributed by atoms with van der Waals surface area (Å²) in [6, 6.07) is 13.7. The minimum atomic E-state index is -3.62. The summed E-state index contributed by atoms with van der Waals surface area (Å²) in [5.41, 5.74) is 1.52. The van der Waals surface area contributed by atoms with Gasteiger partial charge in [0.1, 0.15) is 0 Å². The maximum absolute atomic E-state index is 12.6. The molecular formula is C17H17NO3S2. The average molecular weight is 347 g/mol. The standard InChI is InChI=1S/C17H17NO3S2/c1-12(19)13-6-8-14(9-7-13)23(20,21)18-16-10-11-22-17-5-3-2-4-15(16)17/h2-9,16,18H,10-11H2,1H3/t16-/m0/s1. The van der Waals surface area contributed by atoms with Crippen LogP contribution in [0.3, 0.4) is 0 Å². The van der Waals surface area contributed by atoms with Crippen LogP contribution in [0.4, 0.5) is 0 Å². The Bertz CT molecular complexity index is 829. The van der Waals surface area contributed by atoms with Gasteiger partial charge in [-0.05, 0) is 42.9 Å². The van der Waals surface area contributed by atoms with Gasteiger partial charge in [0.2, 0.25) is 10.0 Å². The fourth-order valence-corrected chi connectivity index (χ4v) is 4.96. The summed E-state index contributed by atoms with van der Waals surface area (Å²) in [6.07, 6.45) is 0.756. The van der Waals surface area contributed by atoms with Crippen molar-refractivity contribution < 1.29 is 13.2 Å². The van der Waals surface area contributed by atoms with E-state index in [1.807, 2.05) is 24.3 Å². The molecule has 0 radical (unpaired) electrons. The summed E-state index contributed by atoms with van der Waals surface area (Å²) in [4.78, 5) is 12.6. The van der Waals surface area contributed by atoms with Crippen molar-refractivity contribution in [2.45, 2.75) is 29.2 Å². The first-order valence-corrected chi connectivity index (χ1v) is 9.79. The Kier molecular flexibility index (Phi) is 4.57. The Morgan fingerprint density at radius 3 is 2.52 bits per heavy atom. The second kappa shape index (κ2) is 6.47. The van der Waals surface area contributed by atoms with Gasteiger partial charge in [0.05, 0.1) is 4.90 Å². The molecule has 0 spiro atoms. The number of hydrogen-bond acceptors (Lipinski definition) is 4. The minimum Gasteiger partial charge on any atom is -0.295 e. The number of fused-ring (bicyclic) bond motifs is 1. The lowest BCUT2D eigenvalue weighted by atomic mass is 10.1. The molecule has 2 aromatic carbocycles. The highest BCUT2D eigenvalue weighted by atomic mass is 32.2. The van der Waals surface area contributed by atoms with Crippen molar-refractivity contribution in [3.8, 4) is 0 Å². The lowest BCUT2D eigenvalue weighted by molar-refractivity contribution is 0.101. The van der Waals surface area contributed by atoms with Crippen molar-refractivity contribution in [2.24, 2.45) is 0 Å². The van der Waals surface area contributed by atoms with E-state index in [0.717, 1.165) is 22.6 Å². The number of carbonyl (C=O) groups excluding carboxylic acids is 1. The number of carbonyl (C=O) groups is 1. The van der Waals surface area contributed by atoms with Crippen molar-refractivity contribution in [2.75, 3.05) is 5.75 Å². The molecule has 1 N–H and O–H groups in total. The number of sulfonamides is 1. The van der Waals surface area contributed by atoms with E-state index in [9.17, 15) is 13.2 Å². The summed E-state index contributed by atoms with van der Waals surface area (Å²) < 4.78 is 28.0. The monoisotopic (exact) mass is 347 g/mol. The maximum Gasteiger partial charge on any atom is 0.241 e. The largest absolute Gasteiger partial charge is 0.295 e. The lowest BCUT2D eigenvalue weighted by Gasteiger charge is -2.25. The zero-order valence-corrected chi connectivity index (χ0v) is 14.3. The normalized spacial score (nSPS) is 17.5. The quantitative estimate of drug-likeness (QED) is 0.861. The molecule has 4 nitrogen and oxygen atoms in total. The van der Waals surface area contributed by atoms with Crippen LogP contribution in [0.5, 0.6) is 0 Å². The molecular weight excluding hydrogens is 330 g/mol. The number of rotatable bonds is 4. The van der Waals surface area contributed by atoms with Gasteiger partial charge in [-0.15, -0.1) is 11.8 Å². The highest BCUT2D eigenvalue weighted by Crippen LogP contribution is 2.36. The van der Waals surface area contributed by atoms with Gasteiger partial charge in [-0.3, -0.25) is 4.79 Å². The zero-order chi connectivity index (χ0) is 16.4. The van der Waals surface area contributed by atoms with Gasteiger partial charge in [0, 0.05) is 16.5 Å². The molecule has 23 heavy (non-hydrogen) atoms. The highest BCUT2D eigenvalue weighted by molar-refractivity contribution is 7.99. The smallest absolute Gasteiger partial charge is 0.241 e. The second-order valence-corrected chi connectivity index (χ2v) is 8.28. The molecule has 120 valence electrons. The first-order valence-electron chi connectivity index (χ1n) is 7.32. The van der Waals surface area contributed by atoms with Crippen LogP contribution < -0.4 is 4.72 Å². The molecule has 0 fully saturated rings. The van der Waals surface area contributed by atoms with Crippen LogP contribution in [0.15, 0.2) is 58.3 Å². The van der Waals surface area contributed by atoms with E-state index in [-0.39, 0.29) is 16.7 Å². The fraction of sp³-hybridized carbons (Fsp3) is 0.235. The van der Waals surface area contributed by atoms with Gasteiger partial charge in [0.25, 0.3) is 0 Å². The van der Waals surface area contributed by atoms with Gasteiger partial charge in [-0.25, -0.2) is 13.1 Å². The van der Waals surface area contributed by atoms with Crippen LogP contribution in [-0.2, 0) is 10.0 Å². The molecule has 0 aliphatic carbocycles. The molecule has 1 heterocycles. The van der Waals surface area contributed by atoms with Crippen LogP contribution >= 0.6 is 11.8 Å². The third-order valence-electron chi connectivity index (χ3n) is 3.83. The van der Waals surface area contributed by atoms with Crippen molar-refractivity contribution in [1.82, 2.24) is 4.72 Å². The number of benzene rings is 2. The molecule has 6 heteroatoms. The van der Waals surface area contributed by atoms with Gasteiger partial charge in [0.15, 0.2) is 5.78 Å². The summed E-state index contributed by atoms with van der Waals surface area (Å²) in [6.45, 7) is 1.46. The van der Waals surface area contributed by atoms with Crippen LogP contribution in [0.1, 0.15) is 35.3 Å². The summed E-state index contributed by atoms with van der Waals surface area (Å²) in [7, 11) is -3.62. The maximum atomic E-state index is 12.6. The molecule has 1 aliphatic rings. The summed E-state index contributed by atoms with van der Waals surface area (Å²) in [5, 5.41) is 0.